The molecule has 1 heterocycles. The monoisotopic (exact) mass is 426 g/mol. The molecule has 4 heteroatoms. The van der Waals surface area contributed by atoms with Gasteiger partial charge in [-0.1, -0.05) is 72.3 Å². The van der Waals surface area contributed by atoms with Crippen LogP contribution in [0.25, 0.3) is 10.9 Å². The van der Waals surface area contributed by atoms with Crippen LogP contribution in [0.15, 0.2) is 83.7 Å². The highest BCUT2D eigenvalue weighted by Gasteiger charge is 2.15. The van der Waals surface area contributed by atoms with Crippen LogP contribution >= 0.6 is 0 Å². The van der Waals surface area contributed by atoms with Crippen LogP contribution in [0.5, 0.6) is 0 Å². The number of likely N-dealkylation sites (N-methyl/N-ethyl adjacent to an activating group) is 1. The number of aliphatic hydroxyl groups excluding tert-OH is 1. The van der Waals surface area contributed by atoms with Crippen molar-refractivity contribution >= 4 is 10.9 Å². The maximum absolute atomic E-state index is 13.5. The number of hydrogen-bond donors (Lipinski definition) is 1. The predicted octanol–water partition coefficient (Wildman–Crippen LogP) is 4.83. The third kappa shape index (κ3) is 4.98. The van der Waals surface area contributed by atoms with E-state index in [4.69, 9.17) is 0 Å². The van der Waals surface area contributed by atoms with Gasteiger partial charge in [0.2, 0.25) is 0 Å². The van der Waals surface area contributed by atoms with Crippen molar-refractivity contribution in [3.8, 4) is 0 Å². The van der Waals surface area contributed by atoms with E-state index in [0.29, 0.717) is 19.6 Å². The molecule has 0 bridgehead atoms. The van der Waals surface area contributed by atoms with Gasteiger partial charge in [-0.25, -0.2) is 0 Å². The molecule has 0 spiro atoms. The van der Waals surface area contributed by atoms with E-state index in [1.807, 2.05) is 65.9 Å². The first-order valence-corrected chi connectivity index (χ1v) is 11.0. The van der Waals surface area contributed by atoms with Crippen molar-refractivity contribution in [2.24, 2.45) is 0 Å². The van der Waals surface area contributed by atoms with Crippen LogP contribution in [0.4, 0.5) is 0 Å². The van der Waals surface area contributed by atoms with E-state index in [9.17, 15) is 9.90 Å². The minimum atomic E-state index is -0.598. The second kappa shape index (κ2) is 9.51. The van der Waals surface area contributed by atoms with E-state index in [1.165, 1.54) is 5.56 Å². The van der Waals surface area contributed by atoms with E-state index in [2.05, 4.69) is 43.3 Å². The van der Waals surface area contributed by atoms with Crippen molar-refractivity contribution in [1.29, 1.82) is 0 Å². The molecule has 1 unspecified atom stereocenters. The standard InChI is InChI=1S/C28H30N2O2/c1-20-8-7-9-22(14-20)17-30-26-15-21(2)12-13-24(26)16-25(28(30)32)18-29(3)19-27(31)23-10-5-4-6-11-23/h4-16,27,31H,17-19H2,1-3H3. The van der Waals surface area contributed by atoms with Crippen molar-refractivity contribution in [3.63, 3.8) is 0 Å². The van der Waals surface area contributed by atoms with Gasteiger partial charge in [0.25, 0.3) is 5.56 Å². The average molecular weight is 427 g/mol. The molecule has 0 fully saturated rings. The molecule has 164 valence electrons. The van der Waals surface area contributed by atoms with Crippen LogP contribution < -0.4 is 5.56 Å². The first-order chi connectivity index (χ1) is 15.4. The summed E-state index contributed by atoms with van der Waals surface area (Å²) in [4.78, 5) is 15.6. The Balaban J connectivity index is 1.66. The molecule has 0 amide bonds. The Hall–Kier alpha value is -3.21. The summed E-state index contributed by atoms with van der Waals surface area (Å²) in [5.74, 6) is 0. The largest absolute Gasteiger partial charge is 0.387 e. The SMILES string of the molecule is Cc1cccc(Cn2c(=O)c(CN(C)CC(O)c3ccccc3)cc3ccc(C)cc32)c1. The van der Waals surface area contributed by atoms with Gasteiger partial charge in [0, 0.05) is 18.7 Å². The summed E-state index contributed by atoms with van der Waals surface area (Å²) in [5.41, 5.74) is 6.01. The third-order valence-corrected chi connectivity index (χ3v) is 5.86. The maximum atomic E-state index is 13.5. The molecule has 0 aliphatic rings. The smallest absolute Gasteiger partial charge is 0.255 e. The number of pyridine rings is 1. The van der Waals surface area contributed by atoms with Crippen LogP contribution in [-0.4, -0.2) is 28.2 Å². The Morgan fingerprint density at radius 3 is 2.41 bits per heavy atom. The Bertz CT molecular complexity index is 1280. The highest BCUT2D eigenvalue weighted by Crippen LogP contribution is 2.19. The number of rotatable bonds is 7. The molecular weight excluding hydrogens is 396 g/mol. The molecule has 0 radical (unpaired) electrons. The van der Waals surface area contributed by atoms with Gasteiger partial charge in [-0.2, -0.15) is 0 Å². The summed E-state index contributed by atoms with van der Waals surface area (Å²) >= 11 is 0. The zero-order chi connectivity index (χ0) is 22.7. The number of nitrogens with zero attached hydrogens (tertiary/aromatic N) is 2. The molecule has 3 aromatic carbocycles. The molecule has 1 N–H and O–H groups in total. The lowest BCUT2D eigenvalue weighted by Crippen LogP contribution is -2.31. The van der Waals surface area contributed by atoms with Crippen molar-refractivity contribution in [3.05, 3.63) is 117 Å². The molecular formula is C28H30N2O2. The van der Waals surface area contributed by atoms with Gasteiger partial charge in [0.05, 0.1) is 18.2 Å². The second-order valence-electron chi connectivity index (χ2n) is 8.74. The van der Waals surface area contributed by atoms with E-state index in [0.717, 1.165) is 33.2 Å². The fraction of sp³-hybridized carbons (Fsp3) is 0.250. The van der Waals surface area contributed by atoms with Gasteiger partial charge in [-0.15, -0.1) is 0 Å². The van der Waals surface area contributed by atoms with Gasteiger partial charge in [-0.05, 0) is 55.1 Å². The Labute approximate surface area is 189 Å². The lowest BCUT2D eigenvalue weighted by molar-refractivity contribution is 0.123. The molecule has 4 nitrogen and oxygen atoms in total. The van der Waals surface area contributed by atoms with Crippen LogP contribution in [0.3, 0.4) is 0 Å². The average Bonchev–Trinajstić information content (AvgIpc) is 2.77. The molecule has 0 aliphatic carbocycles. The summed E-state index contributed by atoms with van der Waals surface area (Å²) < 4.78 is 1.88. The van der Waals surface area contributed by atoms with E-state index in [1.54, 1.807) is 0 Å². The molecule has 0 aliphatic heterocycles. The van der Waals surface area contributed by atoms with Crippen LogP contribution in [0, 0.1) is 13.8 Å². The van der Waals surface area contributed by atoms with Gasteiger partial charge < -0.3 is 9.67 Å². The van der Waals surface area contributed by atoms with Crippen LogP contribution in [-0.2, 0) is 13.1 Å². The number of fused-ring (bicyclic) bond motifs is 1. The molecule has 4 aromatic rings. The highest BCUT2D eigenvalue weighted by atomic mass is 16.3. The minimum Gasteiger partial charge on any atom is -0.387 e. The second-order valence-corrected chi connectivity index (χ2v) is 8.74. The van der Waals surface area contributed by atoms with Crippen molar-refractivity contribution < 1.29 is 5.11 Å². The Morgan fingerprint density at radius 1 is 0.906 bits per heavy atom. The Kier molecular flexibility index (Phi) is 6.54. The topological polar surface area (TPSA) is 45.5 Å². The highest BCUT2D eigenvalue weighted by molar-refractivity contribution is 5.80. The lowest BCUT2D eigenvalue weighted by atomic mass is 10.1. The van der Waals surface area contributed by atoms with E-state index < -0.39 is 6.10 Å². The predicted molar refractivity (Wildman–Crippen MR) is 131 cm³/mol. The van der Waals surface area contributed by atoms with Crippen molar-refractivity contribution in [1.82, 2.24) is 9.47 Å². The normalized spacial score (nSPS) is 12.4. The molecule has 32 heavy (non-hydrogen) atoms. The first kappa shape index (κ1) is 22.0. The number of aromatic nitrogens is 1. The summed E-state index contributed by atoms with van der Waals surface area (Å²) in [5, 5.41) is 11.6. The third-order valence-electron chi connectivity index (χ3n) is 5.86. The quantitative estimate of drug-likeness (QED) is 0.460. The lowest BCUT2D eigenvalue weighted by Gasteiger charge is -2.22. The van der Waals surface area contributed by atoms with Crippen molar-refractivity contribution in [2.45, 2.75) is 33.0 Å². The molecule has 0 saturated carbocycles. The zero-order valence-electron chi connectivity index (χ0n) is 19.0. The fourth-order valence-electron chi connectivity index (χ4n) is 4.24. The summed E-state index contributed by atoms with van der Waals surface area (Å²) in [6, 6.07) is 26.2. The number of hydrogen-bond acceptors (Lipinski definition) is 3. The Morgan fingerprint density at radius 2 is 1.66 bits per heavy atom. The molecule has 0 saturated heterocycles. The van der Waals surface area contributed by atoms with Gasteiger partial charge >= 0.3 is 0 Å². The number of aryl methyl sites for hydroxylation is 2. The molecule has 4 rings (SSSR count). The van der Waals surface area contributed by atoms with Gasteiger partial charge in [0.15, 0.2) is 0 Å². The molecule has 1 aromatic heterocycles. The summed E-state index contributed by atoms with van der Waals surface area (Å²) in [6.07, 6.45) is -0.598. The fourth-order valence-corrected chi connectivity index (χ4v) is 4.24. The van der Waals surface area contributed by atoms with E-state index in [-0.39, 0.29) is 5.56 Å². The van der Waals surface area contributed by atoms with Crippen molar-refractivity contribution in [2.75, 3.05) is 13.6 Å². The summed E-state index contributed by atoms with van der Waals surface area (Å²) in [7, 11) is 1.94. The number of aliphatic hydroxyl groups is 1. The maximum Gasteiger partial charge on any atom is 0.255 e. The van der Waals surface area contributed by atoms with Gasteiger partial charge in [-0.3, -0.25) is 9.69 Å². The van der Waals surface area contributed by atoms with Gasteiger partial charge in [0.1, 0.15) is 0 Å². The van der Waals surface area contributed by atoms with Crippen LogP contribution in [0.1, 0.15) is 33.9 Å². The summed E-state index contributed by atoms with van der Waals surface area (Å²) in [6.45, 7) is 5.57. The zero-order valence-corrected chi connectivity index (χ0v) is 19.0. The minimum absolute atomic E-state index is 0.0191. The van der Waals surface area contributed by atoms with E-state index >= 15 is 0 Å². The first-order valence-electron chi connectivity index (χ1n) is 11.0. The molecule has 1 atom stereocenters. The van der Waals surface area contributed by atoms with Crippen LogP contribution in [0.2, 0.25) is 0 Å². The number of benzene rings is 3.